The maximum atomic E-state index is 12.7. The van der Waals surface area contributed by atoms with Gasteiger partial charge in [0.2, 0.25) is 5.91 Å². The van der Waals surface area contributed by atoms with E-state index in [2.05, 4.69) is 39.3 Å². The molecule has 4 rings (SSSR count). The number of thiophene rings is 2. The zero-order valence-electron chi connectivity index (χ0n) is 19.3. The standard InChI is InChI=1S/C23H28N4O3S3/c1-5-14-10-16(22(29)30-4)21(33-14)24-19(28)12-32-23-26-25-20(27(23)13(2)3)17-11-31-18-9-7-6-8-15(17)18/h10-11,13H,5-9,12H2,1-4H3,(H,24,28). The first kappa shape index (κ1) is 24.0. The van der Waals surface area contributed by atoms with Gasteiger partial charge in [0.05, 0.1) is 18.4 Å². The van der Waals surface area contributed by atoms with Gasteiger partial charge in [-0.3, -0.25) is 9.36 Å². The van der Waals surface area contributed by atoms with Crippen molar-refractivity contribution in [1.82, 2.24) is 14.8 Å². The summed E-state index contributed by atoms with van der Waals surface area (Å²) >= 11 is 4.58. The number of aryl methyl sites for hydroxylation is 2. The predicted molar refractivity (Wildman–Crippen MR) is 135 cm³/mol. The highest BCUT2D eigenvalue weighted by Crippen LogP contribution is 2.38. The lowest BCUT2D eigenvalue weighted by Crippen LogP contribution is -2.16. The van der Waals surface area contributed by atoms with E-state index in [1.807, 2.05) is 18.3 Å². The van der Waals surface area contributed by atoms with E-state index in [0.717, 1.165) is 35.1 Å². The molecule has 0 radical (unpaired) electrons. The van der Waals surface area contributed by atoms with Crippen LogP contribution in [0, 0.1) is 0 Å². The third-order valence-corrected chi connectivity index (χ3v) is 8.83. The van der Waals surface area contributed by atoms with Crippen LogP contribution in [-0.4, -0.2) is 39.5 Å². The number of carbonyl (C=O) groups is 2. The first-order valence-electron chi connectivity index (χ1n) is 11.1. The van der Waals surface area contributed by atoms with E-state index in [-0.39, 0.29) is 17.7 Å². The molecule has 0 atom stereocenters. The average Bonchev–Trinajstić information content (AvgIpc) is 3.53. The van der Waals surface area contributed by atoms with Crippen molar-refractivity contribution in [2.24, 2.45) is 0 Å². The van der Waals surface area contributed by atoms with Crippen LogP contribution in [-0.2, 0) is 28.8 Å². The maximum absolute atomic E-state index is 12.7. The van der Waals surface area contributed by atoms with Crippen molar-refractivity contribution in [3.05, 3.63) is 32.3 Å². The van der Waals surface area contributed by atoms with E-state index >= 15 is 0 Å². The molecule has 3 aromatic heterocycles. The Morgan fingerprint density at radius 3 is 2.79 bits per heavy atom. The normalized spacial score (nSPS) is 13.2. The van der Waals surface area contributed by atoms with Gasteiger partial charge in [-0.1, -0.05) is 18.7 Å². The van der Waals surface area contributed by atoms with Gasteiger partial charge in [-0.25, -0.2) is 4.79 Å². The molecule has 0 aromatic carbocycles. The number of aromatic nitrogens is 3. The molecule has 0 fully saturated rings. The van der Waals surface area contributed by atoms with Gasteiger partial charge in [0.25, 0.3) is 0 Å². The summed E-state index contributed by atoms with van der Waals surface area (Å²) in [6.45, 7) is 6.22. The van der Waals surface area contributed by atoms with Crippen LogP contribution in [0.25, 0.3) is 11.4 Å². The first-order chi connectivity index (χ1) is 15.9. The maximum Gasteiger partial charge on any atom is 0.340 e. The quantitative estimate of drug-likeness (QED) is 0.317. The average molecular weight is 505 g/mol. The Kier molecular flexibility index (Phi) is 7.55. The molecule has 1 aliphatic carbocycles. The molecule has 3 aromatic rings. The van der Waals surface area contributed by atoms with Crippen molar-refractivity contribution in [3.63, 3.8) is 0 Å². The van der Waals surface area contributed by atoms with Gasteiger partial charge < -0.3 is 10.1 Å². The Morgan fingerprint density at radius 2 is 2.06 bits per heavy atom. The number of thioether (sulfide) groups is 1. The minimum atomic E-state index is -0.447. The Hall–Kier alpha value is -2.17. The minimum Gasteiger partial charge on any atom is -0.465 e. The molecule has 1 amide bonds. The number of nitrogens with zero attached hydrogens (tertiary/aromatic N) is 3. The molecule has 3 heterocycles. The number of carbonyl (C=O) groups excluding carboxylic acids is 2. The lowest BCUT2D eigenvalue weighted by molar-refractivity contribution is -0.113. The Bertz CT molecular complexity index is 1160. The van der Waals surface area contributed by atoms with E-state index < -0.39 is 5.97 Å². The Morgan fingerprint density at radius 1 is 1.27 bits per heavy atom. The summed E-state index contributed by atoms with van der Waals surface area (Å²) in [5, 5.41) is 15.3. The Balaban J connectivity index is 1.50. The van der Waals surface area contributed by atoms with Crippen molar-refractivity contribution in [1.29, 1.82) is 0 Å². The van der Waals surface area contributed by atoms with Crippen LogP contribution < -0.4 is 5.32 Å². The van der Waals surface area contributed by atoms with Crippen LogP contribution in [0.4, 0.5) is 5.00 Å². The molecule has 7 nitrogen and oxygen atoms in total. The summed E-state index contributed by atoms with van der Waals surface area (Å²) in [4.78, 5) is 27.3. The number of anilines is 1. The molecule has 176 valence electrons. The first-order valence-corrected chi connectivity index (χ1v) is 13.8. The van der Waals surface area contributed by atoms with Gasteiger partial charge in [0.15, 0.2) is 11.0 Å². The molecule has 0 saturated carbocycles. The number of hydrogen-bond acceptors (Lipinski definition) is 8. The van der Waals surface area contributed by atoms with Crippen molar-refractivity contribution >= 4 is 51.3 Å². The molecule has 0 spiro atoms. The van der Waals surface area contributed by atoms with E-state index in [1.54, 1.807) is 6.07 Å². The van der Waals surface area contributed by atoms with Crippen LogP contribution in [0.1, 0.15) is 65.3 Å². The number of esters is 1. The number of methoxy groups -OCH3 is 1. The largest absolute Gasteiger partial charge is 0.465 e. The third kappa shape index (κ3) is 5.02. The molecular formula is C23H28N4O3S3. The second-order valence-corrected chi connectivity index (χ2v) is 11.2. The summed E-state index contributed by atoms with van der Waals surface area (Å²) < 4.78 is 6.98. The highest BCUT2D eigenvalue weighted by atomic mass is 32.2. The zero-order valence-corrected chi connectivity index (χ0v) is 21.7. The molecule has 10 heteroatoms. The summed E-state index contributed by atoms with van der Waals surface area (Å²) in [6.07, 6.45) is 5.48. The van der Waals surface area contributed by atoms with Crippen molar-refractivity contribution < 1.29 is 14.3 Å². The summed E-state index contributed by atoms with van der Waals surface area (Å²) in [5.74, 6) is 0.415. The molecular weight excluding hydrogens is 476 g/mol. The minimum absolute atomic E-state index is 0.162. The second-order valence-electron chi connectivity index (χ2n) is 8.17. The SMILES string of the molecule is CCc1cc(C(=O)OC)c(NC(=O)CSc2nnc(-c3csc4c3CCCC4)n2C(C)C)s1. The number of fused-ring (bicyclic) bond motifs is 1. The number of ether oxygens (including phenoxy) is 1. The fourth-order valence-corrected chi connectivity index (χ4v) is 6.96. The molecule has 1 aliphatic rings. The zero-order chi connectivity index (χ0) is 23.5. The van der Waals surface area contributed by atoms with Crippen LogP contribution in [0.2, 0.25) is 0 Å². The van der Waals surface area contributed by atoms with Gasteiger partial charge in [-0.2, -0.15) is 0 Å². The van der Waals surface area contributed by atoms with Crippen molar-refractivity contribution in [2.45, 2.75) is 64.1 Å². The number of nitrogens with one attached hydrogen (secondary N) is 1. The van der Waals surface area contributed by atoms with E-state index in [9.17, 15) is 9.59 Å². The van der Waals surface area contributed by atoms with Crippen molar-refractivity contribution in [3.8, 4) is 11.4 Å². The molecule has 33 heavy (non-hydrogen) atoms. The summed E-state index contributed by atoms with van der Waals surface area (Å²) in [6, 6.07) is 1.94. The summed E-state index contributed by atoms with van der Waals surface area (Å²) in [5.41, 5.74) is 2.99. The topological polar surface area (TPSA) is 86.1 Å². The van der Waals surface area contributed by atoms with Crippen LogP contribution in [0.5, 0.6) is 0 Å². The van der Waals surface area contributed by atoms with Gasteiger partial charge in [-0.15, -0.1) is 32.9 Å². The van der Waals surface area contributed by atoms with Gasteiger partial charge in [0.1, 0.15) is 5.00 Å². The lowest BCUT2D eigenvalue weighted by atomic mass is 9.95. The summed E-state index contributed by atoms with van der Waals surface area (Å²) in [7, 11) is 1.34. The fraction of sp³-hybridized carbons (Fsp3) is 0.478. The van der Waals surface area contributed by atoms with E-state index in [0.29, 0.717) is 10.6 Å². The van der Waals surface area contributed by atoms with E-state index in [4.69, 9.17) is 4.74 Å². The molecule has 0 unspecified atom stereocenters. The second kappa shape index (κ2) is 10.4. The van der Waals surface area contributed by atoms with Crippen LogP contribution in [0.15, 0.2) is 16.6 Å². The predicted octanol–water partition coefficient (Wildman–Crippen LogP) is 5.61. The number of hydrogen-bond donors (Lipinski definition) is 1. The van der Waals surface area contributed by atoms with Crippen LogP contribution >= 0.6 is 34.4 Å². The monoisotopic (exact) mass is 504 g/mol. The molecule has 0 bridgehead atoms. The molecule has 1 N–H and O–H groups in total. The number of rotatable bonds is 8. The number of amides is 1. The van der Waals surface area contributed by atoms with Gasteiger partial charge >= 0.3 is 5.97 Å². The van der Waals surface area contributed by atoms with Crippen molar-refractivity contribution in [2.75, 3.05) is 18.2 Å². The van der Waals surface area contributed by atoms with Crippen LogP contribution in [0.3, 0.4) is 0 Å². The third-order valence-electron chi connectivity index (χ3n) is 5.61. The fourth-order valence-electron chi connectivity index (χ4n) is 3.97. The smallest absolute Gasteiger partial charge is 0.340 e. The molecule has 0 saturated heterocycles. The van der Waals surface area contributed by atoms with E-state index in [1.165, 1.54) is 59.1 Å². The highest BCUT2D eigenvalue weighted by molar-refractivity contribution is 7.99. The lowest BCUT2D eigenvalue weighted by Gasteiger charge is -2.16. The van der Waals surface area contributed by atoms with Gasteiger partial charge in [0, 0.05) is 26.7 Å². The molecule has 0 aliphatic heterocycles. The van der Waals surface area contributed by atoms with Gasteiger partial charge in [-0.05, 0) is 57.6 Å². The Labute approximate surface area is 206 Å². The highest BCUT2D eigenvalue weighted by Gasteiger charge is 2.24.